The summed E-state index contributed by atoms with van der Waals surface area (Å²) >= 11 is 0. The molecule has 0 aliphatic rings. The van der Waals surface area contributed by atoms with E-state index in [-0.39, 0.29) is 11.4 Å². The average Bonchev–Trinajstić information content (AvgIpc) is 2.38. The van der Waals surface area contributed by atoms with Crippen molar-refractivity contribution < 1.29 is 31.9 Å². The first-order valence-electron chi connectivity index (χ1n) is 5.57. The molecule has 1 aromatic rings. The van der Waals surface area contributed by atoms with Gasteiger partial charge in [-0.25, -0.2) is 0 Å². The van der Waals surface area contributed by atoms with E-state index in [1.54, 1.807) is 0 Å². The van der Waals surface area contributed by atoms with Gasteiger partial charge in [0.2, 0.25) is 0 Å². The Kier molecular flexibility index (Phi) is 5.56. The highest BCUT2D eigenvalue weighted by Crippen LogP contribution is 2.29. The number of rotatable bonds is 6. The second-order valence-corrected chi connectivity index (χ2v) is 3.87. The number of hydrogen-bond acceptors (Lipinski definition) is 4. The van der Waals surface area contributed by atoms with Gasteiger partial charge < -0.3 is 21.0 Å². The van der Waals surface area contributed by atoms with Crippen LogP contribution in [0, 0.1) is 5.92 Å². The van der Waals surface area contributed by atoms with Crippen LogP contribution in [0.3, 0.4) is 0 Å². The molecule has 5 nitrogen and oxygen atoms in total. The Morgan fingerprint density at radius 1 is 1.33 bits per heavy atom. The molecule has 0 bridgehead atoms. The molecule has 0 aromatic heterocycles. The molecule has 0 heterocycles. The SMILES string of the molecule is N/C(=N/O)C(CNc1ccccc1OC(F)F)C(F)(F)F. The first-order chi connectivity index (χ1) is 9.75. The molecule has 10 heteroatoms. The molecule has 0 radical (unpaired) electrons. The largest absolute Gasteiger partial charge is 0.433 e. The Morgan fingerprint density at radius 2 is 1.95 bits per heavy atom. The van der Waals surface area contributed by atoms with Gasteiger partial charge in [0.15, 0.2) is 5.84 Å². The van der Waals surface area contributed by atoms with Crippen LogP contribution in [0.1, 0.15) is 0 Å². The Bertz CT molecular complexity index is 493. The number of hydrogen-bond donors (Lipinski definition) is 3. The zero-order valence-corrected chi connectivity index (χ0v) is 10.4. The van der Waals surface area contributed by atoms with E-state index in [4.69, 9.17) is 10.9 Å². The molecule has 0 saturated heterocycles. The van der Waals surface area contributed by atoms with Gasteiger partial charge in [-0.1, -0.05) is 17.3 Å². The van der Waals surface area contributed by atoms with Crippen LogP contribution < -0.4 is 15.8 Å². The molecule has 0 spiro atoms. The third kappa shape index (κ3) is 4.97. The minimum absolute atomic E-state index is 0.0715. The first-order valence-corrected chi connectivity index (χ1v) is 5.57. The molecule has 4 N–H and O–H groups in total. The second kappa shape index (κ2) is 6.95. The van der Waals surface area contributed by atoms with Gasteiger partial charge in [-0.2, -0.15) is 22.0 Å². The number of nitrogens with one attached hydrogen (secondary N) is 1. The van der Waals surface area contributed by atoms with Gasteiger partial charge >= 0.3 is 12.8 Å². The lowest BCUT2D eigenvalue weighted by Gasteiger charge is -2.20. The summed E-state index contributed by atoms with van der Waals surface area (Å²) in [5.74, 6) is -3.63. The minimum Gasteiger partial charge on any atom is -0.433 e. The van der Waals surface area contributed by atoms with Gasteiger partial charge in [-0.3, -0.25) is 0 Å². The Hall–Kier alpha value is -2.26. The Labute approximate surface area is 116 Å². The van der Waals surface area contributed by atoms with Gasteiger partial charge in [-0.05, 0) is 12.1 Å². The highest BCUT2D eigenvalue weighted by molar-refractivity contribution is 5.83. The molecule has 118 valence electrons. The highest BCUT2D eigenvalue weighted by Gasteiger charge is 2.42. The van der Waals surface area contributed by atoms with Gasteiger partial charge in [0.25, 0.3) is 0 Å². The molecule has 1 aromatic carbocycles. The predicted molar refractivity (Wildman–Crippen MR) is 64.5 cm³/mol. The molecule has 0 aliphatic carbocycles. The summed E-state index contributed by atoms with van der Waals surface area (Å²) in [6, 6.07) is 5.23. The zero-order valence-electron chi connectivity index (χ0n) is 10.4. The van der Waals surface area contributed by atoms with E-state index < -0.39 is 31.1 Å². The number of alkyl halides is 5. The summed E-state index contributed by atoms with van der Waals surface area (Å²) in [7, 11) is 0. The number of anilines is 1. The normalized spacial score (nSPS) is 14.1. The van der Waals surface area contributed by atoms with Crippen LogP contribution in [0.5, 0.6) is 5.75 Å². The van der Waals surface area contributed by atoms with Crippen LogP contribution in [0.25, 0.3) is 0 Å². The number of halogens is 5. The lowest BCUT2D eigenvalue weighted by atomic mass is 10.1. The topological polar surface area (TPSA) is 79.9 Å². The lowest BCUT2D eigenvalue weighted by Crippen LogP contribution is -2.40. The maximum absolute atomic E-state index is 12.7. The fourth-order valence-corrected chi connectivity index (χ4v) is 1.48. The molecule has 1 rings (SSSR count). The summed E-state index contributed by atoms with van der Waals surface area (Å²) in [5, 5.41) is 13.0. The van der Waals surface area contributed by atoms with Crippen molar-refractivity contribution in [1.29, 1.82) is 0 Å². The number of nitrogens with zero attached hydrogens (tertiary/aromatic N) is 1. The van der Waals surface area contributed by atoms with E-state index in [2.05, 4.69) is 15.2 Å². The monoisotopic (exact) mass is 313 g/mol. The molecule has 1 atom stereocenters. The number of benzene rings is 1. The summed E-state index contributed by atoms with van der Waals surface area (Å²) < 4.78 is 66.6. The fraction of sp³-hybridized carbons (Fsp3) is 0.364. The number of ether oxygens (including phenoxy) is 1. The van der Waals surface area contributed by atoms with Crippen molar-refractivity contribution in [1.82, 2.24) is 0 Å². The molecule has 0 fully saturated rings. The van der Waals surface area contributed by atoms with Gasteiger partial charge in [-0.15, -0.1) is 0 Å². The number of para-hydroxylation sites is 2. The first kappa shape index (κ1) is 16.8. The van der Waals surface area contributed by atoms with Crippen molar-refractivity contribution in [3.05, 3.63) is 24.3 Å². The van der Waals surface area contributed by atoms with Crippen LogP contribution in [0.4, 0.5) is 27.6 Å². The van der Waals surface area contributed by atoms with Crippen LogP contribution in [0.2, 0.25) is 0 Å². The second-order valence-electron chi connectivity index (χ2n) is 3.87. The fourth-order valence-electron chi connectivity index (χ4n) is 1.48. The number of nitrogens with two attached hydrogens (primary N) is 1. The quantitative estimate of drug-likeness (QED) is 0.248. The molecule has 0 saturated carbocycles. The molecule has 0 aliphatic heterocycles. The maximum Gasteiger partial charge on any atom is 0.400 e. The molecule has 21 heavy (non-hydrogen) atoms. The molecule has 0 amide bonds. The van der Waals surface area contributed by atoms with Crippen LogP contribution in [0.15, 0.2) is 29.4 Å². The zero-order chi connectivity index (χ0) is 16.0. The van der Waals surface area contributed by atoms with Crippen LogP contribution in [-0.2, 0) is 0 Å². The smallest absolute Gasteiger partial charge is 0.400 e. The van der Waals surface area contributed by atoms with Gasteiger partial charge in [0.1, 0.15) is 11.7 Å². The summed E-state index contributed by atoms with van der Waals surface area (Å²) in [6.45, 7) is -3.92. The van der Waals surface area contributed by atoms with Crippen LogP contribution in [-0.4, -0.2) is 30.4 Å². The minimum atomic E-state index is -4.76. The van der Waals surface area contributed by atoms with Crippen molar-refractivity contribution >= 4 is 11.5 Å². The molecular weight excluding hydrogens is 301 g/mol. The standard InChI is InChI=1S/C11H12F5N3O2/c12-10(13)21-8-4-2-1-3-7(8)18-5-6(9(17)19-20)11(14,15)16/h1-4,6,10,18,20H,5H2,(H2,17,19). The van der Waals surface area contributed by atoms with E-state index in [1.165, 1.54) is 24.3 Å². The third-order valence-electron chi connectivity index (χ3n) is 2.47. The van der Waals surface area contributed by atoms with Crippen molar-refractivity contribution in [2.24, 2.45) is 16.8 Å². The Balaban J connectivity index is 2.86. The van der Waals surface area contributed by atoms with Crippen molar-refractivity contribution in [2.45, 2.75) is 12.8 Å². The van der Waals surface area contributed by atoms with Crippen LogP contribution >= 0.6 is 0 Å². The lowest BCUT2D eigenvalue weighted by molar-refractivity contribution is -0.152. The summed E-state index contributed by atoms with van der Waals surface area (Å²) in [5.41, 5.74) is 4.90. The highest BCUT2D eigenvalue weighted by atomic mass is 19.4. The maximum atomic E-state index is 12.7. The number of amidine groups is 1. The van der Waals surface area contributed by atoms with E-state index in [9.17, 15) is 22.0 Å². The molecular formula is C11H12F5N3O2. The van der Waals surface area contributed by atoms with Gasteiger partial charge in [0, 0.05) is 6.54 Å². The Morgan fingerprint density at radius 3 is 2.48 bits per heavy atom. The predicted octanol–water partition coefficient (Wildman–Crippen LogP) is 2.62. The van der Waals surface area contributed by atoms with E-state index in [0.29, 0.717) is 0 Å². The van der Waals surface area contributed by atoms with E-state index in [0.717, 1.165) is 0 Å². The van der Waals surface area contributed by atoms with Crippen molar-refractivity contribution in [3.63, 3.8) is 0 Å². The van der Waals surface area contributed by atoms with Gasteiger partial charge in [0.05, 0.1) is 5.69 Å². The third-order valence-corrected chi connectivity index (χ3v) is 2.47. The van der Waals surface area contributed by atoms with Crippen molar-refractivity contribution in [2.75, 3.05) is 11.9 Å². The summed E-state index contributed by atoms with van der Waals surface area (Å²) in [4.78, 5) is 0. The summed E-state index contributed by atoms with van der Waals surface area (Å²) in [6.07, 6.45) is -4.76. The average molecular weight is 313 g/mol. The van der Waals surface area contributed by atoms with E-state index in [1.807, 2.05) is 0 Å². The molecule has 1 unspecified atom stereocenters. The van der Waals surface area contributed by atoms with Crippen molar-refractivity contribution in [3.8, 4) is 5.75 Å². The van der Waals surface area contributed by atoms with E-state index >= 15 is 0 Å². The number of oxime groups is 1.